The molecule has 0 saturated carbocycles. The van der Waals surface area contributed by atoms with Gasteiger partial charge in [-0.3, -0.25) is 0 Å². The molecule has 1 atom stereocenters. The van der Waals surface area contributed by atoms with Crippen LogP contribution in [-0.4, -0.2) is 7.05 Å². The van der Waals surface area contributed by atoms with Crippen LogP contribution in [0.25, 0.3) is 0 Å². The topological polar surface area (TPSA) is 12.0 Å². The first-order valence-corrected chi connectivity index (χ1v) is 7.21. The molecule has 0 amide bonds. The molecule has 4 heteroatoms. The molecule has 0 saturated heterocycles. The lowest BCUT2D eigenvalue weighted by Gasteiger charge is -2.17. The molecule has 1 heterocycles. The summed E-state index contributed by atoms with van der Waals surface area (Å²) in [6.07, 6.45) is 0. The molecule has 0 spiro atoms. The van der Waals surface area contributed by atoms with Crippen LogP contribution in [0.5, 0.6) is 0 Å². The molecule has 0 aliphatic heterocycles. The Morgan fingerprint density at radius 2 is 2.19 bits per heavy atom. The fraction of sp³-hybridized carbons (Fsp3) is 0.167. The largest absolute Gasteiger partial charge is 0.309 e. The number of hydrogen-bond donors (Lipinski definition) is 1. The molecular weight excluding hydrogens is 353 g/mol. The molecule has 1 N–H and O–H groups in total. The highest BCUT2D eigenvalue weighted by Crippen LogP contribution is 2.30. The molecule has 1 aromatic carbocycles. The molecule has 1 nitrogen and oxygen atoms in total. The molecule has 0 aliphatic rings. The maximum Gasteiger partial charge on any atom is 0.0679 e. The SMILES string of the molecule is CNC(c1cccs1)c1cc(Cl)ccc1I. The average molecular weight is 364 g/mol. The van der Waals surface area contributed by atoms with Gasteiger partial charge < -0.3 is 5.32 Å². The zero-order valence-corrected chi connectivity index (χ0v) is 12.4. The van der Waals surface area contributed by atoms with Gasteiger partial charge in [0.25, 0.3) is 0 Å². The van der Waals surface area contributed by atoms with Gasteiger partial charge in [-0.15, -0.1) is 11.3 Å². The fourth-order valence-corrected chi connectivity index (χ4v) is 3.32. The molecule has 0 bridgehead atoms. The Hall–Kier alpha value is -0.100. The van der Waals surface area contributed by atoms with Crippen molar-refractivity contribution in [3.8, 4) is 0 Å². The van der Waals surface area contributed by atoms with Crippen LogP contribution < -0.4 is 5.32 Å². The third kappa shape index (κ3) is 2.59. The highest BCUT2D eigenvalue weighted by molar-refractivity contribution is 14.1. The van der Waals surface area contributed by atoms with E-state index in [2.05, 4.69) is 51.5 Å². The Bertz CT molecular complexity index is 470. The molecule has 1 aromatic heterocycles. The first-order chi connectivity index (χ1) is 7.72. The van der Waals surface area contributed by atoms with E-state index in [9.17, 15) is 0 Å². The highest BCUT2D eigenvalue weighted by Gasteiger charge is 2.15. The summed E-state index contributed by atoms with van der Waals surface area (Å²) in [4.78, 5) is 1.31. The van der Waals surface area contributed by atoms with Gasteiger partial charge >= 0.3 is 0 Å². The summed E-state index contributed by atoms with van der Waals surface area (Å²) in [7, 11) is 1.97. The van der Waals surface area contributed by atoms with Gasteiger partial charge in [-0.05, 0) is 64.8 Å². The predicted octanol–water partition coefficient (Wildman–Crippen LogP) is 4.31. The van der Waals surface area contributed by atoms with Gasteiger partial charge in [0.15, 0.2) is 0 Å². The number of thiophene rings is 1. The van der Waals surface area contributed by atoms with Crippen LogP contribution >= 0.6 is 45.5 Å². The smallest absolute Gasteiger partial charge is 0.0679 e. The normalized spacial score (nSPS) is 12.7. The van der Waals surface area contributed by atoms with Crippen LogP contribution in [-0.2, 0) is 0 Å². The van der Waals surface area contributed by atoms with Crippen LogP contribution in [0.15, 0.2) is 35.7 Å². The van der Waals surface area contributed by atoms with E-state index in [0.29, 0.717) is 0 Å². The molecule has 2 rings (SSSR count). The van der Waals surface area contributed by atoms with Gasteiger partial charge in [-0.1, -0.05) is 17.7 Å². The molecule has 1 unspecified atom stereocenters. The van der Waals surface area contributed by atoms with E-state index in [1.54, 1.807) is 11.3 Å². The van der Waals surface area contributed by atoms with Crippen molar-refractivity contribution in [3.63, 3.8) is 0 Å². The Kier molecular flexibility index (Phi) is 4.24. The minimum Gasteiger partial charge on any atom is -0.309 e. The summed E-state index contributed by atoms with van der Waals surface area (Å²) < 4.78 is 1.23. The summed E-state index contributed by atoms with van der Waals surface area (Å²) in [5, 5.41) is 6.21. The van der Waals surface area contributed by atoms with E-state index in [1.165, 1.54) is 14.0 Å². The summed E-state index contributed by atoms with van der Waals surface area (Å²) in [6.45, 7) is 0. The summed E-state index contributed by atoms with van der Waals surface area (Å²) in [5.41, 5.74) is 1.23. The number of nitrogens with one attached hydrogen (secondary N) is 1. The summed E-state index contributed by atoms with van der Waals surface area (Å²) >= 11 is 10.2. The maximum absolute atomic E-state index is 6.05. The number of hydrogen-bond acceptors (Lipinski definition) is 2. The van der Waals surface area contributed by atoms with Gasteiger partial charge in [0, 0.05) is 13.5 Å². The second kappa shape index (κ2) is 5.49. The van der Waals surface area contributed by atoms with Gasteiger partial charge in [-0.25, -0.2) is 0 Å². The van der Waals surface area contributed by atoms with Crippen molar-refractivity contribution >= 4 is 45.5 Å². The Labute approximate surface area is 118 Å². The monoisotopic (exact) mass is 363 g/mol. The standard InChI is InChI=1S/C12H11ClINS/c1-15-12(11-3-2-6-16-11)9-7-8(13)4-5-10(9)14/h2-7,12,15H,1H3. The zero-order valence-electron chi connectivity index (χ0n) is 8.71. The number of rotatable bonds is 3. The van der Waals surface area contributed by atoms with Crippen LogP contribution in [0.1, 0.15) is 16.5 Å². The Morgan fingerprint density at radius 1 is 1.38 bits per heavy atom. The van der Waals surface area contributed by atoms with E-state index in [4.69, 9.17) is 11.6 Å². The van der Waals surface area contributed by atoms with Crippen molar-refractivity contribution in [2.24, 2.45) is 0 Å². The van der Waals surface area contributed by atoms with Gasteiger partial charge in [-0.2, -0.15) is 0 Å². The lowest BCUT2D eigenvalue weighted by atomic mass is 10.1. The van der Waals surface area contributed by atoms with Crippen LogP contribution in [0.2, 0.25) is 5.02 Å². The van der Waals surface area contributed by atoms with Crippen LogP contribution in [0.4, 0.5) is 0 Å². The maximum atomic E-state index is 6.05. The summed E-state index contributed by atoms with van der Waals surface area (Å²) in [6, 6.07) is 10.4. The van der Waals surface area contributed by atoms with E-state index in [-0.39, 0.29) is 6.04 Å². The lowest BCUT2D eigenvalue weighted by molar-refractivity contribution is 0.700. The van der Waals surface area contributed by atoms with Gasteiger partial charge in [0.1, 0.15) is 0 Å². The predicted molar refractivity (Wildman–Crippen MR) is 79.4 cm³/mol. The Morgan fingerprint density at radius 3 is 2.81 bits per heavy atom. The molecule has 0 aliphatic carbocycles. The minimum atomic E-state index is 0.227. The van der Waals surface area contributed by atoms with Crippen molar-refractivity contribution in [2.75, 3.05) is 7.05 Å². The second-order valence-corrected chi connectivity index (χ2v) is 5.98. The minimum absolute atomic E-state index is 0.227. The third-order valence-electron chi connectivity index (χ3n) is 2.39. The van der Waals surface area contributed by atoms with Gasteiger partial charge in [0.2, 0.25) is 0 Å². The van der Waals surface area contributed by atoms with Crippen molar-refractivity contribution in [1.82, 2.24) is 5.32 Å². The first kappa shape index (κ1) is 12.4. The summed E-state index contributed by atoms with van der Waals surface area (Å²) in [5.74, 6) is 0. The van der Waals surface area contributed by atoms with E-state index < -0.39 is 0 Å². The second-order valence-electron chi connectivity index (χ2n) is 3.40. The van der Waals surface area contributed by atoms with Gasteiger partial charge in [0.05, 0.1) is 6.04 Å². The first-order valence-electron chi connectivity index (χ1n) is 4.88. The quantitative estimate of drug-likeness (QED) is 0.801. The Balaban J connectivity index is 2.44. The van der Waals surface area contributed by atoms with Crippen molar-refractivity contribution in [1.29, 1.82) is 0 Å². The molecular formula is C12H11ClINS. The van der Waals surface area contributed by atoms with Crippen LogP contribution in [0, 0.1) is 3.57 Å². The number of benzene rings is 1. The van der Waals surface area contributed by atoms with Crippen molar-refractivity contribution < 1.29 is 0 Å². The van der Waals surface area contributed by atoms with Crippen LogP contribution in [0.3, 0.4) is 0 Å². The lowest BCUT2D eigenvalue weighted by Crippen LogP contribution is -2.17. The molecule has 16 heavy (non-hydrogen) atoms. The average Bonchev–Trinajstić information content (AvgIpc) is 2.78. The van der Waals surface area contributed by atoms with E-state index in [1.807, 2.05) is 19.2 Å². The number of halogens is 2. The van der Waals surface area contributed by atoms with E-state index >= 15 is 0 Å². The molecule has 0 fully saturated rings. The van der Waals surface area contributed by atoms with Crippen molar-refractivity contribution in [3.05, 3.63) is 54.7 Å². The van der Waals surface area contributed by atoms with E-state index in [0.717, 1.165) is 5.02 Å². The molecule has 2 aromatic rings. The molecule has 84 valence electrons. The fourth-order valence-electron chi connectivity index (χ4n) is 1.64. The third-order valence-corrected chi connectivity index (χ3v) is 4.54. The highest BCUT2D eigenvalue weighted by atomic mass is 127. The van der Waals surface area contributed by atoms with Crippen molar-refractivity contribution in [2.45, 2.75) is 6.04 Å². The molecule has 0 radical (unpaired) electrons. The zero-order chi connectivity index (χ0) is 11.5.